The maximum atomic E-state index is 5.33. The first-order valence-electron chi connectivity index (χ1n) is 5.12. The molecule has 0 aromatic heterocycles. The van der Waals surface area contributed by atoms with Gasteiger partial charge in [-0.15, -0.1) is 0 Å². The number of hydrogen-bond acceptors (Lipinski definition) is 3. The van der Waals surface area contributed by atoms with Crippen LogP contribution in [0.15, 0.2) is 36.7 Å². The zero-order valence-corrected chi connectivity index (χ0v) is 9.19. The second kappa shape index (κ2) is 6.76. The molecule has 3 heteroatoms. The summed E-state index contributed by atoms with van der Waals surface area (Å²) >= 11 is 0. The van der Waals surface area contributed by atoms with Gasteiger partial charge in [0.25, 0.3) is 0 Å². The summed E-state index contributed by atoms with van der Waals surface area (Å²) in [4.78, 5) is 0. The van der Waals surface area contributed by atoms with Gasteiger partial charge < -0.3 is 14.8 Å². The van der Waals surface area contributed by atoms with Gasteiger partial charge in [0.1, 0.15) is 5.75 Å². The van der Waals surface area contributed by atoms with Gasteiger partial charge in [-0.1, -0.05) is 0 Å². The molecule has 3 nitrogen and oxygen atoms in total. The highest BCUT2D eigenvalue weighted by Gasteiger charge is 1.91. The van der Waals surface area contributed by atoms with E-state index in [0.717, 1.165) is 11.4 Å². The number of nitrogens with one attached hydrogen (secondary N) is 1. The molecule has 0 atom stereocenters. The number of benzene rings is 1. The molecule has 0 saturated heterocycles. The van der Waals surface area contributed by atoms with Crippen LogP contribution in [0.5, 0.6) is 5.75 Å². The van der Waals surface area contributed by atoms with E-state index in [-0.39, 0.29) is 0 Å². The molecule has 0 spiro atoms. The zero-order valence-electron chi connectivity index (χ0n) is 9.19. The van der Waals surface area contributed by atoms with Gasteiger partial charge in [-0.25, -0.2) is 0 Å². The lowest BCUT2D eigenvalue weighted by molar-refractivity contribution is 0.269. The van der Waals surface area contributed by atoms with Crippen molar-refractivity contribution in [1.82, 2.24) is 0 Å². The van der Waals surface area contributed by atoms with Crippen LogP contribution in [-0.2, 0) is 4.74 Å². The van der Waals surface area contributed by atoms with Crippen LogP contribution in [0.2, 0.25) is 0 Å². The van der Waals surface area contributed by atoms with Crippen molar-refractivity contribution in [3.63, 3.8) is 0 Å². The predicted octanol–water partition coefficient (Wildman–Crippen LogP) is 3.00. The third-order valence-electron chi connectivity index (χ3n) is 1.75. The molecule has 0 fully saturated rings. The largest absolute Gasteiger partial charge is 0.500 e. The van der Waals surface area contributed by atoms with Crippen molar-refractivity contribution >= 4 is 5.69 Å². The first kappa shape index (κ1) is 11.4. The van der Waals surface area contributed by atoms with Gasteiger partial charge in [0.15, 0.2) is 0 Å². The molecule has 82 valence electrons. The smallest absolute Gasteiger partial charge is 0.119 e. The first-order valence-corrected chi connectivity index (χ1v) is 5.12. The minimum absolute atomic E-state index is 0.682. The Balaban J connectivity index is 2.42. The van der Waals surface area contributed by atoms with Crippen LogP contribution in [-0.4, -0.2) is 13.2 Å². The van der Waals surface area contributed by atoms with E-state index in [1.54, 1.807) is 12.5 Å². The Bertz CT molecular complexity index is 293. The summed E-state index contributed by atoms with van der Waals surface area (Å²) in [7, 11) is 0. The van der Waals surface area contributed by atoms with Crippen molar-refractivity contribution in [2.75, 3.05) is 18.5 Å². The Morgan fingerprint density at radius 2 is 1.87 bits per heavy atom. The predicted molar refractivity (Wildman–Crippen MR) is 62.0 cm³/mol. The third-order valence-corrected chi connectivity index (χ3v) is 1.75. The van der Waals surface area contributed by atoms with E-state index >= 15 is 0 Å². The van der Waals surface area contributed by atoms with Gasteiger partial charge in [0.2, 0.25) is 0 Å². The van der Waals surface area contributed by atoms with Gasteiger partial charge in [-0.05, 0) is 38.1 Å². The molecule has 0 aliphatic rings. The molecule has 15 heavy (non-hydrogen) atoms. The summed E-state index contributed by atoms with van der Waals surface area (Å²) < 4.78 is 10.4. The highest BCUT2D eigenvalue weighted by atomic mass is 16.5. The van der Waals surface area contributed by atoms with Crippen molar-refractivity contribution < 1.29 is 9.47 Å². The summed E-state index contributed by atoms with van der Waals surface area (Å²) in [5.41, 5.74) is 1.01. The third kappa shape index (κ3) is 4.40. The van der Waals surface area contributed by atoms with Gasteiger partial charge in [-0.3, -0.25) is 0 Å². The average Bonchev–Trinajstić information content (AvgIpc) is 2.27. The first-order chi connectivity index (χ1) is 7.36. The monoisotopic (exact) mass is 207 g/mol. The highest BCUT2D eigenvalue weighted by molar-refractivity contribution is 5.48. The molecular formula is C12H17NO2. The lowest BCUT2D eigenvalue weighted by Crippen LogP contribution is -1.92. The number of rotatable bonds is 6. The summed E-state index contributed by atoms with van der Waals surface area (Å²) in [6, 6.07) is 7.78. The van der Waals surface area contributed by atoms with Crippen molar-refractivity contribution in [3.8, 4) is 5.75 Å². The summed E-state index contributed by atoms with van der Waals surface area (Å²) in [6.07, 6.45) is 3.40. The molecule has 0 aliphatic carbocycles. The Labute approximate surface area is 90.7 Å². The standard InChI is InChI=1S/C12H17NO2/c1-3-14-10-9-13-11-5-7-12(8-6-11)15-4-2/h5-10,13H,3-4H2,1-2H3. The molecule has 0 radical (unpaired) electrons. The molecule has 0 amide bonds. The van der Waals surface area contributed by atoms with Gasteiger partial charge in [-0.2, -0.15) is 0 Å². The maximum absolute atomic E-state index is 5.33. The number of ether oxygens (including phenoxy) is 2. The molecular weight excluding hydrogens is 190 g/mol. The lowest BCUT2D eigenvalue weighted by atomic mass is 10.3. The van der Waals surface area contributed by atoms with E-state index < -0.39 is 0 Å². The summed E-state index contributed by atoms with van der Waals surface area (Å²) in [6.45, 7) is 5.29. The topological polar surface area (TPSA) is 30.5 Å². The molecule has 0 saturated carbocycles. The SMILES string of the molecule is CCOC=CNc1ccc(OCC)cc1. The molecule has 1 aromatic rings. The molecule has 1 N–H and O–H groups in total. The minimum Gasteiger partial charge on any atom is -0.500 e. The fraction of sp³-hybridized carbons (Fsp3) is 0.333. The van der Waals surface area contributed by atoms with Crippen LogP contribution in [0, 0.1) is 0 Å². The van der Waals surface area contributed by atoms with E-state index in [1.807, 2.05) is 38.1 Å². The Kier molecular flexibility index (Phi) is 5.15. The van der Waals surface area contributed by atoms with Crippen molar-refractivity contribution in [3.05, 3.63) is 36.7 Å². The molecule has 0 bridgehead atoms. The van der Waals surface area contributed by atoms with Crippen molar-refractivity contribution in [2.24, 2.45) is 0 Å². The summed E-state index contributed by atoms with van der Waals surface area (Å²) in [5, 5.41) is 3.09. The second-order valence-corrected chi connectivity index (χ2v) is 2.86. The van der Waals surface area contributed by atoms with E-state index in [4.69, 9.17) is 9.47 Å². The molecule has 1 rings (SSSR count). The van der Waals surface area contributed by atoms with Crippen LogP contribution < -0.4 is 10.1 Å². The zero-order chi connectivity index (χ0) is 10.9. The van der Waals surface area contributed by atoms with Crippen LogP contribution >= 0.6 is 0 Å². The molecule has 1 aromatic carbocycles. The van der Waals surface area contributed by atoms with Gasteiger partial charge in [0.05, 0.1) is 19.5 Å². The van der Waals surface area contributed by atoms with Gasteiger partial charge in [0, 0.05) is 11.9 Å². The van der Waals surface area contributed by atoms with Crippen LogP contribution in [0.1, 0.15) is 13.8 Å². The molecule has 0 aliphatic heterocycles. The quantitative estimate of drug-likeness (QED) is 0.727. The van der Waals surface area contributed by atoms with E-state index in [1.165, 1.54) is 0 Å². The Hall–Kier alpha value is -1.64. The average molecular weight is 207 g/mol. The highest BCUT2D eigenvalue weighted by Crippen LogP contribution is 2.15. The van der Waals surface area contributed by atoms with E-state index in [9.17, 15) is 0 Å². The van der Waals surface area contributed by atoms with Crippen LogP contribution in [0.4, 0.5) is 5.69 Å². The second-order valence-electron chi connectivity index (χ2n) is 2.86. The molecule has 0 unspecified atom stereocenters. The fourth-order valence-electron chi connectivity index (χ4n) is 1.09. The van der Waals surface area contributed by atoms with E-state index in [0.29, 0.717) is 13.2 Å². The van der Waals surface area contributed by atoms with Crippen LogP contribution in [0.25, 0.3) is 0 Å². The van der Waals surface area contributed by atoms with Gasteiger partial charge >= 0.3 is 0 Å². The lowest BCUT2D eigenvalue weighted by Gasteiger charge is -2.04. The van der Waals surface area contributed by atoms with Crippen LogP contribution in [0.3, 0.4) is 0 Å². The Morgan fingerprint density at radius 1 is 1.13 bits per heavy atom. The van der Waals surface area contributed by atoms with Crippen molar-refractivity contribution in [1.29, 1.82) is 0 Å². The Morgan fingerprint density at radius 3 is 2.47 bits per heavy atom. The number of hydrogen-bond donors (Lipinski definition) is 1. The number of anilines is 1. The molecule has 0 heterocycles. The normalized spacial score (nSPS) is 10.3. The summed E-state index contributed by atoms with van der Waals surface area (Å²) in [5.74, 6) is 0.886. The maximum Gasteiger partial charge on any atom is 0.119 e. The van der Waals surface area contributed by atoms with Crippen molar-refractivity contribution in [2.45, 2.75) is 13.8 Å². The fourth-order valence-corrected chi connectivity index (χ4v) is 1.09. The van der Waals surface area contributed by atoms with E-state index in [2.05, 4.69) is 5.32 Å². The minimum atomic E-state index is 0.682.